The molecule has 4 N–H and O–H groups in total. The molecule has 0 radical (unpaired) electrons. The maximum Gasteiger partial charge on any atom is 0.224 e. The molecular weight excluding hydrogens is 465 g/mol. The van der Waals surface area contributed by atoms with E-state index in [1.807, 2.05) is 25.1 Å². The number of nitrogens with two attached hydrogens (primary N) is 1. The first-order valence-corrected chi connectivity index (χ1v) is 9.05. The highest BCUT2D eigenvalue weighted by Crippen LogP contribution is 2.23. The van der Waals surface area contributed by atoms with Gasteiger partial charge in [0.2, 0.25) is 5.91 Å². The highest BCUT2D eigenvalue weighted by molar-refractivity contribution is 14.0. The van der Waals surface area contributed by atoms with Crippen LogP contribution in [0.3, 0.4) is 0 Å². The number of carbonyl (C=O) groups excluding carboxylic acids is 1. The van der Waals surface area contributed by atoms with E-state index in [9.17, 15) is 4.79 Å². The number of hydrogen-bond donors (Lipinski definition) is 3. The van der Waals surface area contributed by atoms with Gasteiger partial charge in [-0.25, -0.2) is 0 Å². The molecule has 1 amide bonds. The summed E-state index contributed by atoms with van der Waals surface area (Å²) in [5, 5.41) is 7.43. The summed E-state index contributed by atoms with van der Waals surface area (Å²) in [6.07, 6.45) is 1.01. The van der Waals surface area contributed by atoms with Crippen LogP contribution in [-0.2, 0) is 4.79 Å². The number of carbonyl (C=O) groups is 1. The third-order valence-corrected chi connectivity index (χ3v) is 4.58. The van der Waals surface area contributed by atoms with Crippen molar-refractivity contribution in [2.24, 2.45) is 16.1 Å². The molecule has 1 aromatic carbocycles. The lowest BCUT2D eigenvalue weighted by molar-refractivity contribution is -0.125. The van der Waals surface area contributed by atoms with Crippen molar-refractivity contribution >= 4 is 53.1 Å². The Kier molecular flexibility index (Phi) is 8.95. The van der Waals surface area contributed by atoms with Gasteiger partial charge in [-0.3, -0.25) is 9.79 Å². The van der Waals surface area contributed by atoms with Crippen LogP contribution in [-0.4, -0.2) is 44.1 Å². The van der Waals surface area contributed by atoms with Crippen LogP contribution in [0.25, 0.3) is 0 Å². The second-order valence-corrected chi connectivity index (χ2v) is 7.44. The second-order valence-electron chi connectivity index (χ2n) is 7.00. The lowest BCUT2D eigenvalue weighted by Gasteiger charge is -2.22. The topological polar surface area (TPSA) is 82.7 Å². The third-order valence-electron chi connectivity index (χ3n) is 4.35. The van der Waals surface area contributed by atoms with Crippen molar-refractivity contribution in [3.63, 3.8) is 0 Å². The van der Waals surface area contributed by atoms with Gasteiger partial charge in [-0.15, -0.1) is 24.0 Å². The molecule has 146 valence electrons. The summed E-state index contributed by atoms with van der Waals surface area (Å²) in [5.41, 5.74) is 5.89. The Morgan fingerprint density at radius 1 is 1.46 bits per heavy atom. The van der Waals surface area contributed by atoms with Crippen molar-refractivity contribution in [1.29, 1.82) is 0 Å². The Hall–Kier alpha value is -1.22. The summed E-state index contributed by atoms with van der Waals surface area (Å²) < 4.78 is 0. The number of nitrogens with zero attached hydrogens (tertiary/aromatic N) is 2. The third kappa shape index (κ3) is 6.50. The SMILES string of the molecule is CCNC(=NCC(C)(C)C(N)=O)NC1CCN(c2cccc(Cl)c2)C1.I. The molecule has 1 heterocycles. The number of primary amides is 1. The second kappa shape index (κ2) is 10.2. The van der Waals surface area contributed by atoms with E-state index < -0.39 is 5.41 Å². The fourth-order valence-electron chi connectivity index (χ4n) is 2.65. The van der Waals surface area contributed by atoms with Crippen LogP contribution < -0.4 is 21.3 Å². The Morgan fingerprint density at radius 2 is 2.19 bits per heavy atom. The van der Waals surface area contributed by atoms with Crippen LogP contribution in [0.4, 0.5) is 5.69 Å². The maximum absolute atomic E-state index is 11.5. The number of guanidine groups is 1. The predicted molar refractivity (Wildman–Crippen MR) is 120 cm³/mol. The van der Waals surface area contributed by atoms with Gasteiger partial charge < -0.3 is 21.3 Å². The van der Waals surface area contributed by atoms with Crippen molar-refractivity contribution in [3.8, 4) is 0 Å². The van der Waals surface area contributed by atoms with Crippen LogP contribution in [0.5, 0.6) is 0 Å². The van der Waals surface area contributed by atoms with Crippen LogP contribution >= 0.6 is 35.6 Å². The normalized spacial score (nSPS) is 17.6. The van der Waals surface area contributed by atoms with Gasteiger partial charge in [-0.05, 0) is 45.4 Å². The molecule has 26 heavy (non-hydrogen) atoms. The average molecular weight is 494 g/mol. The van der Waals surface area contributed by atoms with Gasteiger partial charge in [0.1, 0.15) is 0 Å². The minimum atomic E-state index is -0.662. The summed E-state index contributed by atoms with van der Waals surface area (Å²) >= 11 is 6.09. The molecule has 1 aliphatic heterocycles. The number of halogens is 2. The number of aliphatic imine (C=N–C) groups is 1. The van der Waals surface area contributed by atoms with Crippen LogP contribution in [0.15, 0.2) is 29.3 Å². The van der Waals surface area contributed by atoms with Crippen molar-refractivity contribution in [2.75, 3.05) is 31.1 Å². The van der Waals surface area contributed by atoms with E-state index in [0.29, 0.717) is 6.54 Å². The summed E-state index contributed by atoms with van der Waals surface area (Å²) in [7, 11) is 0. The molecule has 1 unspecified atom stereocenters. The van der Waals surface area contributed by atoms with Gasteiger partial charge in [0.15, 0.2) is 5.96 Å². The van der Waals surface area contributed by atoms with Gasteiger partial charge in [-0.1, -0.05) is 17.7 Å². The highest BCUT2D eigenvalue weighted by atomic mass is 127. The maximum atomic E-state index is 11.5. The number of hydrogen-bond acceptors (Lipinski definition) is 3. The number of amides is 1. The smallest absolute Gasteiger partial charge is 0.224 e. The standard InChI is InChI=1S/C18H28ClN5O.HI/c1-4-21-17(22-12-18(2,3)16(20)25)23-14-8-9-24(11-14)15-7-5-6-13(19)10-15;/h5-7,10,14H,4,8-9,11-12H2,1-3H3,(H2,20,25)(H2,21,22,23);1H. The first-order chi connectivity index (χ1) is 11.8. The number of benzene rings is 1. The zero-order chi connectivity index (χ0) is 18.4. The molecule has 1 aromatic rings. The van der Waals surface area contributed by atoms with E-state index in [4.69, 9.17) is 17.3 Å². The molecule has 0 bridgehead atoms. The molecule has 6 nitrogen and oxygen atoms in total. The van der Waals surface area contributed by atoms with Crippen molar-refractivity contribution in [2.45, 2.75) is 33.2 Å². The largest absolute Gasteiger partial charge is 0.369 e. The van der Waals surface area contributed by atoms with E-state index in [2.05, 4.69) is 26.6 Å². The average Bonchev–Trinajstić information content (AvgIpc) is 3.01. The van der Waals surface area contributed by atoms with E-state index in [1.54, 1.807) is 13.8 Å². The predicted octanol–water partition coefficient (Wildman–Crippen LogP) is 2.60. The molecule has 1 aliphatic rings. The molecule has 8 heteroatoms. The number of rotatable bonds is 6. The fraction of sp³-hybridized carbons (Fsp3) is 0.556. The van der Waals surface area contributed by atoms with Crippen molar-refractivity contribution in [1.82, 2.24) is 10.6 Å². The summed E-state index contributed by atoms with van der Waals surface area (Å²) in [5.74, 6) is 0.370. The molecule has 1 fully saturated rings. The molecule has 0 aliphatic carbocycles. The molecular formula is C18H29ClIN5O. The molecule has 0 spiro atoms. The zero-order valence-electron chi connectivity index (χ0n) is 15.6. The Balaban J connectivity index is 0.00000338. The van der Waals surface area contributed by atoms with E-state index in [1.165, 1.54) is 0 Å². The summed E-state index contributed by atoms with van der Waals surface area (Å²) in [6.45, 7) is 8.57. The van der Waals surface area contributed by atoms with E-state index >= 15 is 0 Å². The molecule has 1 saturated heterocycles. The van der Waals surface area contributed by atoms with Gasteiger partial charge in [0.05, 0.1) is 12.0 Å². The quantitative estimate of drug-likeness (QED) is 0.323. The number of nitrogens with one attached hydrogen (secondary N) is 2. The first-order valence-electron chi connectivity index (χ1n) is 8.67. The molecule has 0 aromatic heterocycles. The van der Waals surface area contributed by atoms with Crippen LogP contribution in [0, 0.1) is 5.41 Å². The Labute approximate surface area is 178 Å². The van der Waals surface area contributed by atoms with Crippen molar-refractivity contribution < 1.29 is 4.79 Å². The van der Waals surface area contributed by atoms with Gasteiger partial charge in [-0.2, -0.15) is 0 Å². The molecule has 2 rings (SSSR count). The van der Waals surface area contributed by atoms with Gasteiger partial charge in [0, 0.05) is 36.4 Å². The van der Waals surface area contributed by atoms with Gasteiger partial charge >= 0.3 is 0 Å². The lowest BCUT2D eigenvalue weighted by atomic mass is 9.93. The molecule has 0 saturated carbocycles. The Morgan fingerprint density at radius 3 is 2.81 bits per heavy atom. The zero-order valence-corrected chi connectivity index (χ0v) is 18.7. The van der Waals surface area contributed by atoms with Crippen molar-refractivity contribution in [3.05, 3.63) is 29.3 Å². The number of anilines is 1. The summed E-state index contributed by atoms with van der Waals surface area (Å²) in [4.78, 5) is 18.3. The minimum Gasteiger partial charge on any atom is -0.369 e. The van der Waals surface area contributed by atoms with Gasteiger partial charge in [0.25, 0.3) is 0 Å². The van der Waals surface area contributed by atoms with E-state index in [-0.39, 0.29) is 35.9 Å². The minimum absolute atomic E-state index is 0. The summed E-state index contributed by atoms with van der Waals surface area (Å²) in [6, 6.07) is 8.19. The van der Waals surface area contributed by atoms with Crippen LogP contribution in [0.1, 0.15) is 27.2 Å². The Bertz CT molecular complexity index is 638. The molecule has 1 atom stereocenters. The fourth-order valence-corrected chi connectivity index (χ4v) is 2.84. The monoisotopic (exact) mass is 493 g/mol. The highest BCUT2D eigenvalue weighted by Gasteiger charge is 2.26. The van der Waals surface area contributed by atoms with Crippen LogP contribution in [0.2, 0.25) is 5.02 Å². The van der Waals surface area contributed by atoms with E-state index in [0.717, 1.165) is 42.7 Å². The lowest BCUT2D eigenvalue weighted by Crippen LogP contribution is -2.45. The first kappa shape index (κ1) is 22.8.